The standard InChI is InChI=1S/C17H24O5/c1-8-5-6-11-9(2)16(20)22-15(11)17(4)13(19)7-12(14(8)17)21-10(3)18/h8,11-15,19H,2,5-7H2,1,3-4H3/t8-,11-,12-,13+,14+,15+,17+/m0/s1. The number of ether oxygens (including phenoxy) is 2. The van der Waals surface area contributed by atoms with E-state index in [-0.39, 0.29) is 41.9 Å². The average Bonchev–Trinajstić information content (AvgIpc) is 2.79. The summed E-state index contributed by atoms with van der Waals surface area (Å²) in [4.78, 5) is 23.3. The Labute approximate surface area is 130 Å². The van der Waals surface area contributed by atoms with Crippen molar-refractivity contribution < 1.29 is 24.2 Å². The zero-order chi connectivity index (χ0) is 16.2. The molecule has 3 fully saturated rings. The smallest absolute Gasteiger partial charge is 0.334 e. The third-order valence-electron chi connectivity index (χ3n) is 6.08. The molecule has 0 aromatic carbocycles. The Morgan fingerprint density at radius 1 is 1.45 bits per heavy atom. The molecule has 0 spiro atoms. The van der Waals surface area contributed by atoms with Gasteiger partial charge in [0, 0.05) is 36.2 Å². The Morgan fingerprint density at radius 2 is 2.14 bits per heavy atom. The molecule has 7 atom stereocenters. The number of rotatable bonds is 1. The van der Waals surface area contributed by atoms with Crippen LogP contribution in [-0.4, -0.2) is 35.4 Å². The van der Waals surface area contributed by atoms with Crippen LogP contribution < -0.4 is 0 Å². The van der Waals surface area contributed by atoms with E-state index >= 15 is 0 Å². The summed E-state index contributed by atoms with van der Waals surface area (Å²) >= 11 is 0. The van der Waals surface area contributed by atoms with Crippen molar-refractivity contribution in [3.8, 4) is 0 Å². The van der Waals surface area contributed by atoms with E-state index < -0.39 is 11.5 Å². The number of carbonyl (C=O) groups excluding carboxylic acids is 2. The quantitative estimate of drug-likeness (QED) is 0.591. The first kappa shape index (κ1) is 15.5. The van der Waals surface area contributed by atoms with Gasteiger partial charge in [0.1, 0.15) is 12.2 Å². The minimum absolute atomic E-state index is 0.0138. The van der Waals surface area contributed by atoms with E-state index in [4.69, 9.17) is 9.47 Å². The highest BCUT2D eigenvalue weighted by molar-refractivity contribution is 5.91. The Bertz CT molecular complexity index is 527. The van der Waals surface area contributed by atoms with Crippen LogP contribution in [0, 0.1) is 23.2 Å². The highest BCUT2D eigenvalue weighted by Crippen LogP contribution is 2.58. The lowest BCUT2D eigenvalue weighted by molar-refractivity contribution is -0.159. The topological polar surface area (TPSA) is 72.8 Å². The zero-order valence-electron chi connectivity index (χ0n) is 13.4. The first-order valence-corrected chi connectivity index (χ1v) is 8.01. The van der Waals surface area contributed by atoms with Gasteiger partial charge in [-0.15, -0.1) is 0 Å². The van der Waals surface area contributed by atoms with Crippen LogP contribution in [0.2, 0.25) is 0 Å². The molecule has 5 heteroatoms. The fourth-order valence-corrected chi connectivity index (χ4v) is 5.05. The summed E-state index contributed by atoms with van der Waals surface area (Å²) in [6.45, 7) is 9.37. The molecule has 22 heavy (non-hydrogen) atoms. The molecule has 1 saturated heterocycles. The lowest BCUT2D eigenvalue weighted by atomic mass is 9.67. The summed E-state index contributed by atoms with van der Waals surface area (Å²) in [5, 5.41) is 10.7. The first-order chi connectivity index (χ1) is 10.3. The van der Waals surface area contributed by atoms with E-state index in [1.807, 2.05) is 6.92 Å². The largest absolute Gasteiger partial charge is 0.462 e. The van der Waals surface area contributed by atoms with Gasteiger partial charge in [-0.05, 0) is 18.8 Å². The van der Waals surface area contributed by atoms with E-state index in [0.29, 0.717) is 12.0 Å². The third-order valence-corrected chi connectivity index (χ3v) is 6.08. The van der Waals surface area contributed by atoms with Crippen LogP contribution in [0.15, 0.2) is 12.2 Å². The highest BCUT2D eigenvalue weighted by Gasteiger charge is 2.64. The van der Waals surface area contributed by atoms with Crippen molar-refractivity contribution in [1.29, 1.82) is 0 Å². The highest BCUT2D eigenvalue weighted by atomic mass is 16.6. The Balaban J connectivity index is 2.01. The van der Waals surface area contributed by atoms with Gasteiger partial charge >= 0.3 is 11.9 Å². The first-order valence-electron chi connectivity index (χ1n) is 8.01. The van der Waals surface area contributed by atoms with Crippen molar-refractivity contribution in [2.45, 2.75) is 58.3 Å². The SMILES string of the molecule is C=C1C(=O)O[C@@H]2[C@H]1CC[C@H](C)[C@@H]1[C@@H](OC(C)=O)C[C@@H](O)[C@]12C. The molecule has 1 N–H and O–H groups in total. The van der Waals surface area contributed by atoms with E-state index in [0.717, 1.165) is 12.8 Å². The van der Waals surface area contributed by atoms with Gasteiger partial charge < -0.3 is 14.6 Å². The normalized spacial score (nSPS) is 47.5. The third kappa shape index (κ3) is 2.02. The van der Waals surface area contributed by atoms with Crippen LogP contribution >= 0.6 is 0 Å². The van der Waals surface area contributed by atoms with Gasteiger partial charge in [-0.3, -0.25) is 4.79 Å². The molecule has 3 rings (SSSR count). The van der Waals surface area contributed by atoms with Crippen LogP contribution in [0.3, 0.4) is 0 Å². The number of aliphatic hydroxyl groups is 1. The van der Waals surface area contributed by atoms with E-state index in [2.05, 4.69) is 13.5 Å². The molecule has 0 unspecified atom stereocenters. The van der Waals surface area contributed by atoms with Gasteiger partial charge in [0.2, 0.25) is 0 Å². The van der Waals surface area contributed by atoms with E-state index in [1.165, 1.54) is 6.92 Å². The van der Waals surface area contributed by atoms with E-state index in [9.17, 15) is 14.7 Å². The maximum absolute atomic E-state index is 11.9. The second-order valence-corrected chi connectivity index (χ2v) is 7.30. The van der Waals surface area contributed by atoms with Crippen LogP contribution in [0.25, 0.3) is 0 Å². The predicted molar refractivity (Wildman–Crippen MR) is 78.7 cm³/mol. The fraction of sp³-hybridized carbons (Fsp3) is 0.765. The monoisotopic (exact) mass is 308 g/mol. The molecule has 1 aliphatic heterocycles. The maximum atomic E-state index is 11.9. The summed E-state index contributed by atoms with van der Waals surface area (Å²) in [6.07, 6.45) is 0.771. The molecule has 0 radical (unpaired) electrons. The predicted octanol–water partition coefficient (Wildman–Crippen LogP) is 1.83. The molecular weight excluding hydrogens is 284 g/mol. The molecular formula is C17H24O5. The van der Waals surface area contributed by atoms with Crippen LogP contribution in [0.5, 0.6) is 0 Å². The minimum Gasteiger partial charge on any atom is -0.462 e. The summed E-state index contributed by atoms with van der Waals surface area (Å²) in [6, 6.07) is 0. The average molecular weight is 308 g/mol. The number of carbonyl (C=O) groups is 2. The van der Waals surface area contributed by atoms with Gasteiger partial charge in [0.15, 0.2) is 0 Å². The van der Waals surface area contributed by atoms with E-state index in [1.54, 1.807) is 0 Å². The number of fused-ring (bicyclic) bond motifs is 3. The molecule has 0 aromatic heterocycles. The molecule has 2 saturated carbocycles. The van der Waals surface area contributed by atoms with Crippen molar-refractivity contribution in [2.24, 2.45) is 23.2 Å². The van der Waals surface area contributed by atoms with Crippen LogP contribution in [-0.2, 0) is 19.1 Å². The molecule has 5 nitrogen and oxygen atoms in total. The number of hydrogen-bond acceptors (Lipinski definition) is 5. The maximum Gasteiger partial charge on any atom is 0.334 e. The molecule has 0 aromatic rings. The lowest BCUT2D eigenvalue weighted by Gasteiger charge is -2.41. The Morgan fingerprint density at radius 3 is 2.77 bits per heavy atom. The van der Waals surface area contributed by atoms with Gasteiger partial charge in [-0.25, -0.2) is 4.79 Å². The van der Waals surface area contributed by atoms with Crippen molar-refractivity contribution in [3.05, 3.63) is 12.2 Å². The number of hydrogen-bond donors (Lipinski definition) is 1. The Kier molecular flexibility index (Phi) is 3.59. The van der Waals surface area contributed by atoms with Crippen molar-refractivity contribution in [1.82, 2.24) is 0 Å². The second-order valence-electron chi connectivity index (χ2n) is 7.30. The van der Waals surface area contributed by atoms with Crippen LogP contribution in [0.4, 0.5) is 0 Å². The zero-order valence-corrected chi connectivity index (χ0v) is 13.4. The second kappa shape index (κ2) is 5.08. The fourth-order valence-electron chi connectivity index (χ4n) is 5.05. The summed E-state index contributed by atoms with van der Waals surface area (Å²) in [7, 11) is 0. The summed E-state index contributed by atoms with van der Waals surface area (Å²) < 4.78 is 11.1. The van der Waals surface area contributed by atoms with Crippen molar-refractivity contribution in [2.75, 3.05) is 0 Å². The molecule has 2 aliphatic carbocycles. The molecule has 3 aliphatic rings. The summed E-state index contributed by atoms with van der Waals surface area (Å²) in [5.41, 5.74) is -0.0855. The van der Waals surface area contributed by atoms with Gasteiger partial charge in [0.05, 0.1) is 6.10 Å². The van der Waals surface area contributed by atoms with Gasteiger partial charge in [-0.2, -0.15) is 0 Å². The molecule has 0 amide bonds. The summed E-state index contributed by atoms with van der Waals surface area (Å²) in [5.74, 6) is -0.464. The Hall–Kier alpha value is -1.36. The molecule has 1 heterocycles. The number of esters is 2. The van der Waals surface area contributed by atoms with Gasteiger partial charge in [-0.1, -0.05) is 20.4 Å². The molecule has 122 valence electrons. The van der Waals surface area contributed by atoms with Crippen LogP contribution in [0.1, 0.15) is 40.0 Å². The number of aliphatic hydroxyl groups excluding tert-OH is 1. The minimum atomic E-state index is -0.659. The van der Waals surface area contributed by atoms with Crippen molar-refractivity contribution in [3.63, 3.8) is 0 Å². The lowest BCUT2D eigenvalue weighted by Crippen LogP contribution is -2.48. The van der Waals surface area contributed by atoms with Gasteiger partial charge in [0.25, 0.3) is 0 Å². The molecule has 0 bridgehead atoms. The van der Waals surface area contributed by atoms with Crippen molar-refractivity contribution >= 4 is 11.9 Å².